The number of benzene rings is 4. The third-order valence-corrected chi connectivity index (χ3v) is 9.12. The number of halogens is 1. The number of aromatic nitrogens is 1. The molecule has 5 aromatic rings. The van der Waals surface area contributed by atoms with Crippen molar-refractivity contribution < 1.29 is 27.9 Å². The lowest BCUT2D eigenvalue weighted by molar-refractivity contribution is -0.141. The van der Waals surface area contributed by atoms with E-state index in [-0.39, 0.29) is 46.8 Å². The molecular weight excluding hydrogens is 644 g/mol. The van der Waals surface area contributed by atoms with Crippen molar-refractivity contribution in [2.45, 2.75) is 24.4 Å². The molecule has 0 saturated heterocycles. The van der Waals surface area contributed by atoms with Gasteiger partial charge in [-0.2, -0.15) is 0 Å². The Labute approximate surface area is 276 Å². The molecule has 4 aromatic carbocycles. The molecule has 2 amide bonds. The maximum atomic E-state index is 14.2. The van der Waals surface area contributed by atoms with E-state index in [1.54, 1.807) is 78.9 Å². The highest BCUT2D eigenvalue weighted by molar-refractivity contribution is 7.93. The molecule has 12 nitrogen and oxygen atoms in total. The summed E-state index contributed by atoms with van der Waals surface area (Å²) in [4.78, 5) is 41.7. The number of pyridine rings is 1. The van der Waals surface area contributed by atoms with Crippen LogP contribution in [-0.2, 0) is 26.2 Å². The van der Waals surface area contributed by atoms with E-state index >= 15 is 0 Å². The second-order valence-corrected chi connectivity index (χ2v) is 12.3. The van der Waals surface area contributed by atoms with E-state index < -0.39 is 34.5 Å². The van der Waals surface area contributed by atoms with Crippen molar-refractivity contribution in [3.8, 4) is 0 Å². The first-order valence-electron chi connectivity index (χ1n) is 14.1. The molecule has 6 N–H and O–H groups in total. The Morgan fingerprint density at radius 2 is 1.64 bits per heavy atom. The van der Waals surface area contributed by atoms with Crippen LogP contribution in [0.1, 0.15) is 28.4 Å². The first-order chi connectivity index (χ1) is 22.0. The van der Waals surface area contributed by atoms with Crippen LogP contribution in [-0.4, -0.2) is 54.7 Å². The molecule has 5 rings (SSSR count). The minimum Gasteiger partial charge on any atom is -0.480 e. The first kappa shape index (κ1) is 34.3. The summed E-state index contributed by atoms with van der Waals surface area (Å²) in [5.41, 5.74) is 7.57. The summed E-state index contributed by atoms with van der Waals surface area (Å²) in [6, 6.07) is 23.4. The SMILES string of the molecule is CC(NC(=O)CN(c1ccc2c(C(=O)NCc3ccc(C(=N)N)cc3)cccc2c1)S(=O)(=O)c1cccc2cccnc12)C(=O)O.Cl. The number of fused-ring (bicyclic) bond motifs is 2. The van der Waals surface area contributed by atoms with Crippen LogP contribution in [0.2, 0.25) is 0 Å². The van der Waals surface area contributed by atoms with Crippen molar-refractivity contribution in [2.24, 2.45) is 5.73 Å². The number of nitrogens with two attached hydrogens (primary N) is 1. The van der Waals surface area contributed by atoms with Crippen molar-refractivity contribution in [1.29, 1.82) is 5.41 Å². The second kappa shape index (κ2) is 14.3. The molecule has 0 radical (unpaired) electrons. The highest BCUT2D eigenvalue weighted by Gasteiger charge is 2.30. The molecule has 242 valence electrons. The van der Waals surface area contributed by atoms with Crippen LogP contribution in [0.15, 0.2) is 102 Å². The van der Waals surface area contributed by atoms with Gasteiger partial charge >= 0.3 is 5.97 Å². The van der Waals surface area contributed by atoms with Gasteiger partial charge in [-0.3, -0.25) is 29.1 Å². The summed E-state index contributed by atoms with van der Waals surface area (Å²) in [6.07, 6.45) is 1.47. The number of aliphatic carboxylic acids is 1. The van der Waals surface area contributed by atoms with Crippen LogP contribution in [0.4, 0.5) is 5.69 Å². The van der Waals surface area contributed by atoms with Crippen LogP contribution < -0.4 is 20.7 Å². The molecule has 1 aromatic heterocycles. The molecule has 14 heteroatoms. The number of para-hydroxylation sites is 1. The Hall–Kier alpha value is -5.53. The lowest BCUT2D eigenvalue weighted by Gasteiger charge is -2.25. The molecule has 0 spiro atoms. The number of nitrogens with zero attached hydrogens (tertiary/aromatic N) is 2. The Balaban J connectivity index is 0.00000500. The minimum atomic E-state index is -4.41. The quantitative estimate of drug-likeness (QED) is 0.103. The van der Waals surface area contributed by atoms with E-state index in [2.05, 4.69) is 15.6 Å². The number of hydrogen-bond acceptors (Lipinski definition) is 7. The fourth-order valence-corrected chi connectivity index (χ4v) is 6.48. The Morgan fingerprint density at radius 3 is 2.34 bits per heavy atom. The maximum absolute atomic E-state index is 14.2. The first-order valence-corrected chi connectivity index (χ1v) is 15.5. The van der Waals surface area contributed by atoms with Gasteiger partial charge in [0.2, 0.25) is 5.91 Å². The zero-order valence-electron chi connectivity index (χ0n) is 25.0. The number of rotatable bonds is 11. The number of sulfonamides is 1. The Bertz CT molecular complexity index is 2100. The number of carbonyl (C=O) groups is 3. The van der Waals surface area contributed by atoms with Gasteiger partial charge in [0, 0.05) is 29.3 Å². The van der Waals surface area contributed by atoms with Crippen molar-refractivity contribution in [2.75, 3.05) is 10.8 Å². The smallest absolute Gasteiger partial charge is 0.325 e. The normalized spacial score (nSPS) is 11.7. The number of anilines is 1. The van der Waals surface area contributed by atoms with Gasteiger partial charge in [-0.05, 0) is 53.6 Å². The number of carbonyl (C=O) groups excluding carboxylic acids is 2. The predicted molar refractivity (Wildman–Crippen MR) is 181 cm³/mol. The standard InChI is InChI=1S/C33H30N6O6S.ClH/c1-20(33(42)43)38-29(40)19-39(46(44,45)28-9-3-5-22-7-4-16-36-30(22)28)25-14-15-26-24(17-25)6-2-8-27(26)32(41)37-18-21-10-12-23(13-11-21)31(34)35;/h2-17,20H,18-19H2,1H3,(H3,34,35)(H,37,41)(H,38,40)(H,42,43);1H. The van der Waals surface area contributed by atoms with Gasteiger partial charge in [0.15, 0.2) is 0 Å². The number of amides is 2. The fourth-order valence-electron chi connectivity index (χ4n) is 4.90. The Kier molecular flexibility index (Phi) is 10.4. The summed E-state index contributed by atoms with van der Waals surface area (Å²) in [5.74, 6) is -2.51. The van der Waals surface area contributed by atoms with Gasteiger partial charge in [0.1, 0.15) is 23.3 Å². The molecule has 1 unspecified atom stereocenters. The largest absolute Gasteiger partial charge is 0.480 e. The van der Waals surface area contributed by atoms with E-state index in [4.69, 9.17) is 11.1 Å². The molecule has 0 aliphatic carbocycles. The fraction of sp³-hybridized carbons (Fsp3) is 0.121. The highest BCUT2D eigenvalue weighted by atomic mass is 35.5. The molecule has 0 aliphatic rings. The number of carboxylic acids is 1. The lowest BCUT2D eigenvalue weighted by atomic mass is 10.0. The van der Waals surface area contributed by atoms with Crippen LogP contribution in [0.3, 0.4) is 0 Å². The summed E-state index contributed by atoms with van der Waals surface area (Å²) in [5, 5.41) is 23.6. The predicted octanol–water partition coefficient (Wildman–Crippen LogP) is 3.81. The maximum Gasteiger partial charge on any atom is 0.325 e. The van der Waals surface area contributed by atoms with Crippen LogP contribution in [0.25, 0.3) is 21.7 Å². The van der Waals surface area contributed by atoms with Crippen molar-refractivity contribution in [3.05, 3.63) is 114 Å². The van der Waals surface area contributed by atoms with Crippen molar-refractivity contribution >= 4 is 73.4 Å². The molecule has 0 fully saturated rings. The van der Waals surface area contributed by atoms with Crippen LogP contribution in [0, 0.1) is 5.41 Å². The minimum absolute atomic E-state index is 0. The van der Waals surface area contributed by atoms with Gasteiger partial charge in [0.25, 0.3) is 15.9 Å². The average Bonchev–Trinajstić information content (AvgIpc) is 3.05. The van der Waals surface area contributed by atoms with Gasteiger partial charge in [-0.15, -0.1) is 12.4 Å². The monoisotopic (exact) mass is 674 g/mol. The van der Waals surface area contributed by atoms with Crippen molar-refractivity contribution in [1.82, 2.24) is 15.6 Å². The highest BCUT2D eigenvalue weighted by Crippen LogP contribution is 2.31. The second-order valence-electron chi connectivity index (χ2n) is 10.5. The van der Waals surface area contributed by atoms with E-state index in [0.29, 0.717) is 27.3 Å². The summed E-state index contributed by atoms with van der Waals surface area (Å²) < 4.78 is 29.3. The number of amidine groups is 1. The van der Waals surface area contributed by atoms with E-state index in [0.717, 1.165) is 9.87 Å². The van der Waals surface area contributed by atoms with Crippen molar-refractivity contribution in [3.63, 3.8) is 0 Å². The topological polar surface area (TPSA) is 196 Å². The van der Waals surface area contributed by atoms with Gasteiger partial charge in [-0.1, -0.05) is 60.7 Å². The zero-order chi connectivity index (χ0) is 33.0. The Morgan fingerprint density at radius 1 is 0.957 bits per heavy atom. The lowest BCUT2D eigenvalue weighted by Crippen LogP contribution is -2.46. The van der Waals surface area contributed by atoms with Gasteiger partial charge in [0.05, 0.1) is 11.2 Å². The summed E-state index contributed by atoms with van der Waals surface area (Å²) in [7, 11) is -4.41. The number of nitrogens with one attached hydrogen (secondary N) is 3. The average molecular weight is 675 g/mol. The molecular formula is C33H31ClN6O6S. The van der Waals surface area contributed by atoms with E-state index in [1.807, 2.05) is 0 Å². The van der Waals surface area contributed by atoms with Gasteiger partial charge < -0.3 is 21.5 Å². The number of carboxylic acid groups (broad SMARTS) is 1. The third-order valence-electron chi connectivity index (χ3n) is 7.31. The molecule has 47 heavy (non-hydrogen) atoms. The van der Waals surface area contributed by atoms with E-state index in [9.17, 15) is 27.9 Å². The molecule has 0 saturated carbocycles. The zero-order valence-corrected chi connectivity index (χ0v) is 26.6. The molecule has 1 heterocycles. The van der Waals surface area contributed by atoms with Gasteiger partial charge in [-0.25, -0.2) is 8.42 Å². The molecule has 0 aliphatic heterocycles. The molecule has 1 atom stereocenters. The third kappa shape index (κ3) is 7.48. The number of nitrogen functional groups attached to an aromatic ring is 1. The van der Waals surface area contributed by atoms with Crippen LogP contribution in [0.5, 0.6) is 0 Å². The summed E-state index contributed by atoms with van der Waals surface area (Å²) >= 11 is 0. The van der Waals surface area contributed by atoms with E-state index in [1.165, 1.54) is 25.3 Å². The number of hydrogen-bond donors (Lipinski definition) is 5. The molecule has 0 bridgehead atoms. The summed E-state index contributed by atoms with van der Waals surface area (Å²) in [6.45, 7) is 0.787. The van der Waals surface area contributed by atoms with Crippen LogP contribution >= 0.6 is 12.4 Å².